The van der Waals surface area contributed by atoms with Gasteiger partial charge in [0.25, 0.3) is 0 Å². The highest BCUT2D eigenvalue weighted by Gasteiger charge is 2.46. The quantitative estimate of drug-likeness (QED) is 0.525. The number of benzene rings is 2. The molecule has 0 spiro atoms. The van der Waals surface area contributed by atoms with Gasteiger partial charge in [0.1, 0.15) is 18.0 Å². The summed E-state index contributed by atoms with van der Waals surface area (Å²) in [6.07, 6.45) is 4.15. The van der Waals surface area contributed by atoms with Crippen LogP contribution in [0.3, 0.4) is 0 Å². The van der Waals surface area contributed by atoms with Crippen LogP contribution < -0.4 is 10.1 Å². The fourth-order valence-electron chi connectivity index (χ4n) is 5.89. The van der Waals surface area contributed by atoms with E-state index in [-0.39, 0.29) is 49.4 Å². The summed E-state index contributed by atoms with van der Waals surface area (Å²) in [6.45, 7) is 1.13. The monoisotopic (exact) mass is 513 g/mol. The molecule has 196 valence electrons. The number of nitrogens with zero attached hydrogens (tertiary/aromatic N) is 2. The summed E-state index contributed by atoms with van der Waals surface area (Å²) in [4.78, 5) is 31.7. The molecule has 3 aromatic rings. The Morgan fingerprint density at radius 1 is 1.08 bits per heavy atom. The van der Waals surface area contributed by atoms with Crippen LogP contribution in [-0.2, 0) is 33.7 Å². The number of anilines is 1. The topological polar surface area (TPSA) is 101 Å². The van der Waals surface area contributed by atoms with Gasteiger partial charge < -0.3 is 24.8 Å². The Labute approximate surface area is 221 Å². The molecule has 2 aromatic carbocycles. The highest BCUT2D eigenvalue weighted by Crippen LogP contribution is 2.47. The molecule has 8 heteroatoms. The van der Waals surface area contributed by atoms with Crippen molar-refractivity contribution < 1.29 is 24.2 Å². The number of hydrogen-bond donors (Lipinski definition) is 2. The molecular weight excluding hydrogens is 482 g/mol. The lowest BCUT2D eigenvalue weighted by Gasteiger charge is -2.38. The van der Waals surface area contributed by atoms with Crippen LogP contribution in [0.1, 0.15) is 41.0 Å². The number of rotatable bonds is 6. The van der Waals surface area contributed by atoms with E-state index in [1.807, 2.05) is 47.4 Å². The number of nitrogens with one attached hydrogen (secondary N) is 1. The fourth-order valence-corrected chi connectivity index (χ4v) is 5.89. The minimum absolute atomic E-state index is 0.0344. The van der Waals surface area contributed by atoms with Crippen LogP contribution in [0.5, 0.6) is 5.75 Å². The van der Waals surface area contributed by atoms with E-state index >= 15 is 0 Å². The molecule has 4 heterocycles. The molecule has 3 aliphatic heterocycles. The van der Waals surface area contributed by atoms with Crippen molar-refractivity contribution in [3.05, 3.63) is 89.2 Å². The molecule has 1 fully saturated rings. The van der Waals surface area contributed by atoms with Gasteiger partial charge in [-0.15, -0.1) is 0 Å². The van der Waals surface area contributed by atoms with Gasteiger partial charge in [0.15, 0.2) is 0 Å². The third kappa shape index (κ3) is 5.01. The molecule has 8 nitrogen and oxygen atoms in total. The maximum Gasteiger partial charge on any atom is 0.228 e. The first-order valence-corrected chi connectivity index (χ1v) is 13.2. The van der Waals surface area contributed by atoms with Gasteiger partial charge in [-0.1, -0.05) is 24.3 Å². The first kappa shape index (κ1) is 24.6. The number of carbonyl (C=O) groups excluding carboxylic acids is 2. The maximum absolute atomic E-state index is 13.2. The van der Waals surface area contributed by atoms with Gasteiger partial charge in [-0.2, -0.15) is 0 Å². The number of amides is 2. The van der Waals surface area contributed by atoms with Gasteiger partial charge in [0.05, 0.1) is 25.6 Å². The van der Waals surface area contributed by atoms with Crippen molar-refractivity contribution in [2.24, 2.45) is 0 Å². The third-order valence-corrected chi connectivity index (χ3v) is 7.78. The Kier molecular flexibility index (Phi) is 6.82. The molecule has 3 aliphatic rings. The van der Waals surface area contributed by atoms with Gasteiger partial charge in [0, 0.05) is 42.7 Å². The summed E-state index contributed by atoms with van der Waals surface area (Å²) in [5.74, 6) is 0.649. The lowest BCUT2D eigenvalue weighted by atomic mass is 9.84. The van der Waals surface area contributed by atoms with Crippen molar-refractivity contribution in [2.75, 3.05) is 18.5 Å². The van der Waals surface area contributed by atoms with E-state index < -0.39 is 6.10 Å². The van der Waals surface area contributed by atoms with Crippen molar-refractivity contribution in [1.82, 2.24) is 9.88 Å². The molecule has 1 aromatic heterocycles. The molecule has 0 bridgehead atoms. The van der Waals surface area contributed by atoms with Crippen molar-refractivity contribution in [3.63, 3.8) is 0 Å². The molecule has 0 unspecified atom stereocenters. The molecule has 2 N–H and O–H groups in total. The molecule has 4 atom stereocenters. The van der Waals surface area contributed by atoms with Crippen LogP contribution in [-0.4, -0.2) is 58.3 Å². The summed E-state index contributed by atoms with van der Waals surface area (Å²) in [5, 5.41) is 13.1. The standard InChI is InChI=1S/C30H31N3O5/c34-18-27-30-25(15-23(37-27)16-29(36)33-12-9-20-3-1-2-4-21(20)17-33)24-14-22(5-6-26(24)38-30)32-28(35)13-19-7-10-31-11-8-19/h1-8,10-11,14,23,25,27,30,34H,9,12-13,15-18H2,(H,32,35)/t23-,25-,27+,30+/m1/s1. The SMILES string of the molecule is O=C(Cc1ccncc1)Nc1ccc2c(c1)[C@H]1C[C@H](CC(=O)N3CCc4ccccc4C3)O[C@@H](CO)[C@H]1O2. The van der Waals surface area contributed by atoms with Crippen LogP contribution >= 0.6 is 0 Å². The molecule has 38 heavy (non-hydrogen) atoms. The molecule has 1 saturated heterocycles. The highest BCUT2D eigenvalue weighted by atomic mass is 16.6. The van der Waals surface area contributed by atoms with E-state index in [9.17, 15) is 14.7 Å². The minimum Gasteiger partial charge on any atom is -0.487 e. The molecule has 6 rings (SSSR count). The lowest BCUT2D eigenvalue weighted by Crippen LogP contribution is -2.48. The zero-order valence-electron chi connectivity index (χ0n) is 21.1. The number of aliphatic hydroxyl groups excluding tert-OH is 1. The van der Waals surface area contributed by atoms with E-state index in [2.05, 4.69) is 22.4 Å². The number of ether oxygens (including phenoxy) is 2. The Balaban J connectivity index is 1.14. The summed E-state index contributed by atoms with van der Waals surface area (Å²) >= 11 is 0. The average Bonchev–Trinajstić information content (AvgIpc) is 3.30. The predicted molar refractivity (Wildman–Crippen MR) is 141 cm³/mol. The Morgan fingerprint density at radius 3 is 2.71 bits per heavy atom. The third-order valence-electron chi connectivity index (χ3n) is 7.78. The van der Waals surface area contributed by atoms with Gasteiger partial charge >= 0.3 is 0 Å². The van der Waals surface area contributed by atoms with Crippen molar-refractivity contribution in [3.8, 4) is 5.75 Å². The summed E-state index contributed by atoms with van der Waals surface area (Å²) < 4.78 is 12.4. The van der Waals surface area contributed by atoms with Crippen molar-refractivity contribution >= 4 is 17.5 Å². The summed E-state index contributed by atoms with van der Waals surface area (Å²) in [6, 6.07) is 17.5. The number of hydrogen-bond acceptors (Lipinski definition) is 6. The van der Waals surface area contributed by atoms with E-state index in [0.29, 0.717) is 25.2 Å². The number of pyridine rings is 1. The number of carbonyl (C=O) groups is 2. The average molecular weight is 514 g/mol. The molecule has 0 radical (unpaired) electrons. The Hall–Kier alpha value is -3.75. The predicted octanol–water partition coefficient (Wildman–Crippen LogP) is 3.23. The first-order chi connectivity index (χ1) is 18.6. The van der Waals surface area contributed by atoms with Crippen LogP contribution in [0, 0.1) is 0 Å². The van der Waals surface area contributed by atoms with Crippen LogP contribution in [0.4, 0.5) is 5.69 Å². The van der Waals surface area contributed by atoms with Crippen molar-refractivity contribution in [2.45, 2.75) is 56.5 Å². The second-order valence-corrected chi connectivity index (χ2v) is 10.3. The second kappa shape index (κ2) is 10.6. The van der Waals surface area contributed by atoms with E-state index in [1.54, 1.807) is 12.4 Å². The normalized spacial score (nSPS) is 23.6. The van der Waals surface area contributed by atoms with Gasteiger partial charge in [0.2, 0.25) is 11.8 Å². The summed E-state index contributed by atoms with van der Waals surface area (Å²) in [5.41, 5.74) is 5.06. The molecule has 0 saturated carbocycles. The van der Waals surface area contributed by atoms with Gasteiger partial charge in [-0.3, -0.25) is 14.6 Å². The van der Waals surface area contributed by atoms with Crippen LogP contribution in [0.25, 0.3) is 0 Å². The number of fused-ring (bicyclic) bond motifs is 4. The minimum atomic E-state index is -0.522. The smallest absolute Gasteiger partial charge is 0.228 e. The largest absolute Gasteiger partial charge is 0.487 e. The van der Waals surface area contributed by atoms with Crippen LogP contribution in [0.2, 0.25) is 0 Å². The first-order valence-electron chi connectivity index (χ1n) is 13.2. The lowest BCUT2D eigenvalue weighted by molar-refractivity contribution is -0.149. The fraction of sp³-hybridized carbons (Fsp3) is 0.367. The Morgan fingerprint density at radius 2 is 1.89 bits per heavy atom. The van der Waals surface area contributed by atoms with Crippen molar-refractivity contribution in [1.29, 1.82) is 0 Å². The van der Waals surface area contributed by atoms with E-state index in [0.717, 1.165) is 23.3 Å². The number of aliphatic hydroxyl groups is 1. The molecular formula is C30H31N3O5. The Bertz CT molecular complexity index is 1330. The number of aromatic nitrogens is 1. The molecule has 2 amide bonds. The van der Waals surface area contributed by atoms with Gasteiger partial charge in [-0.25, -0.2) is 0 Å². The second-order valence-electron chi connectivity index (χ2n) is 10.3. The zero-order chi connectivity index (χ0) is 26.1. The summed E-state index contributed by atoms with van der Waals surface area (Å²) in [7, 11) is 0. The molecule has 0 aliphatic carbocycles. The van der Waals surface area contributed by atoms with Gasteiger partial charge in [-0.05, 0) is 59.9 Å². The van der Waals surface area contributed by atoms with E-state index in [1.165, 1.54) is 11.1 Å². The highest BCUT2D eigenvalue weighted by molar-refractivity contribution is 5.92. The zero-order valence-corrected chi connectivity index (χ0v) is 21.1. The van der Waals surface area contributed by atoms with Crippen LogP contribution in [0.15, 0.2) is 67.0 Å². The maximum atomic E-state index is 13.2. The van der Waals surface area contributed by atoms with E-state index in [4.69, 9.17) is 9.47 Å².